The lowest BCUT2D eigenvalue weighted by Crippen LogP contribution is -2.45. The van der Waals surface area contributed by atoms with E-state index in [1.807, 2.05) is 12.1 Å². The first-order chi connectivity index (χ1) is 11.5. The van der Waals surface area contributed by atoms with Gasteiger partial charge >= 0.3 is 0 Å². The molecule has 1 aromatic rings. The number of carbonyl (C=O) groups is 1. The number of nitrogens with zero attached hydrogens (tertiary/aromatic N) is 1. The summed E-state index contributed by atoms with van der Waals surface area (Å²) in [6.07, 6.45) is 2.79. The van der Waals surface area contributed by atoms with E-state index in [4.69, 9.17) is 11.6 Å². The zero-order valence-electron chi connectivity index (χ0n) is 14.7. The van der Waals surface area contributed by atoms with Gasteiger partial charge in [-0.1, -0.05) is 36.2 Å². The summed E-state index contributed by atoms with van der Waals surface area (Å²) in [5.41, 5.74) is 3.90. The van der Waals surface area contributed by atoms with E-state index in [0.717, 1.165) is 57.0 Å². The molecule has 1 aliphatic heterocycles. The first-order valence-corrected chi connectivity index (χ1v) is 9.27. The number of Topliss-reactive ketones (excluding diaryl/α,β-unsaturated/α-hetero) is 1. The molecule has 0 amide bonds. The molecule has 1 N–H and O–H groups in total. The summed E-state index contributed by atoms with van der Waals surface area (Å²) < 4.78 is 0. The van der Waals surface area contributed by atoms with Crippen molar-refractivity contribution in [3.8, 4) is 0 Å². The Bertz CT molecular complexity index is 632. The van der Waals surface area contributed by atoms with Crippen molar-refractivity contribution in [3.05, 3.63) is 40.4 Å². The Morgan fingerprint density at radius 1 is 1.25 bits per heavy atom. The van der Waals surface area contributed by atoms with Gasteiger partial charge in [0.1, 0.15) is 5.78 Å². The number of hydrogen-bond donors (Lipinski definition) is 1. The van der Waals surface area contributed by atoms with Crippen molar-refractivity contribution < 1.29 is 4.79 Å². The maximum Gasteiger partial charge on any atom is 0.136 e. The average molecular weight is 347 g/mol. The average Bonchev–Trinajstić information content (AvgIpc) is 2.57. The molecule has 0 radical (unpaired) electrons. The van der Waals surface area contributed by atoms with Crippen molar-refractivity contribution in [3.63, 3.8) is 0 Å². The van der Waals surface area contributed by atoms with Gasteiger partial charge < -0.3 is 5.32 Å². The molecule has 1 unspecified atom stereocenters. The zero-order chi connectivity index (χ0) is 17.2. The second kappa shape index (κ2) is 7.38. The largest absolute Gasteiger partial charge is 0.314 e. The monoisotopic (exact) mass is 346 g/mol. The van der Waals surface area contributed by atoms with E-state index in [1.165, 1.54) is 16.7 Å². The van der Waals surface area contributed by atoms with Gasteiger partial charge in [0.05, 0.1) is 0 Å². The summed E-state index contributed by atoms with van der Waals surface area (Å²) in [6, 6.07) is 8.16. The third kappa shape index (κ3) is 3.90. The topological polar surface area (TPSA) is 32.3 Å². The molecular weight excluding hydrogens is 320 g/mol. The van der Waals surface area contributed by atoms with Crippen molar-refractivity contribution in [2.75, 3.05) is 32.7 Å². The highest BCUT2D eigenvalue weighted by Gasteiger charge is 2.36. The molecule has 3 nitrogen and oxygen atoms in total. The Kier molecular flexibility index (Phi) is 5.43. The van der Waals surface area contributed by atoms with E-state index >= 15 is 0 Å². The number of hydrogen-bond acceptors (Lipinski definition) is 3. The number of nitrogens with one attached hydrogen (secondary N) is 1. The lowest BCUT2D eigenvalue weighted by atomic mass is 9.69. The second-order valence-electron chi connectivity index (χ2n) is 7.41. The Morgan fingerprint density at radius 3 is 2.54 bits per heavy atom. The van der Waals surface area contributed by atoms with Crippen LogP contribution in [0.4, 0.5) is 0 Å². The van der Waals surface area contributed by atoms with Crippen LogP contribution >= 0.6 is 11.6 Å². The number of rotatable bonds is 4. The molecular formula is C20H27ClN2O. The summed E-state index contributed by atoms with van der Waals surface area (Å²) >= 11 is 6.05. The molecule has 3 rings (SSSR count). The lowest BCUT2D eigenvalue weighted by molar-refractivity contribution is -0.126. The van der Waals surface area contributed by atoms with E-state index in [-0.39, 0.29) is 5.41 Å². The van der Waals surface area contributed by atoms with Gasteiger partial charge in [-0.2, -0.15) is 0 Å². The number of ketones is 1. The molecule has 130 valence electrons. The van der Waals surface area contributed by atoms with Gasteiger partial charge in [-0.15, -0.1) is 0 Å². The molecule has 1 aromatic carbocycles. The third-order valence-corrected chi connectivity index (χ3v) is 5.88. The maximum absolute atomic E-state index is 12.2. The molecule has 1 fully saturated rings. The Morgan fingerprint density at radius 2 is 1.92 bits per heavy atom. The van der Waals surface area contributed by atoms with Crippen LogP contribution in [0.3, 0.4) is 0 Å². The SMILES string of the molecule is CC(=O)C1(C)CCC(c2ccc(Cl)cc2)=C(CN2CCNCC2)C1. The molecule has 0 spiro atoms. The normalized spacial score (nSPS) is 25.8. The fraction of sp³-hybridized carbons (Fsp3) is 0.550. The number of carbonyl (C=O) groups excluding carboxylic acids is 1. The number of halogens is 1. The molecule has 0 bridgehead atoms. The van der Waals surface area contributed by atoms with Crippen LogP contribution in [-0.4, -0.2) is 43.4 Å². The standard InChI is InChI=1S/C20H27ClN2O/c1-15(24)20(2)8-7-19(16-3-5-18(21)6-4-16)17(13-20)14-23-11-9-22-10-12-23/h3-6,22H,7-14H2,1-2H3. The minimum Gasteiger partial charge on any atom is -0.314 e. The van der Waals surface area contributed by atoms with Crippen LogP contribution in [0.1, 0.15) is 38.7 Å². The molecule has 1 aliphatic carbocycles. The molecule has 4 heteroatoms. The van der Waals surface area contributed by atoms with Crippen LogP contribution in [0.25, 0.3) is 5.57 Å². The van der Waals surface area contributed by atoms with Gasteiger partial charge in [-0.25, -0.2) is 0 Å². The van der Waals surface area contributed by atoms with Crippen LogP contribution in [0, 0.1) is 5.41 Å². The fourth-order valence-electron chi connectivity index (χ4n) is 3.83. The maximum atomic E-state index is 12.2. The van der Waals surface area contributed by atoms with Crippen LogP contribution in [0.2, 0.25) is 5.02 Å². The van der Waals surface area contributed by atoms with Gasteiger partial charge in [0, 0.05) is 43.2 Å². The molecule has 1 atom stereocenters. The van der Waals surface area contributed by atoms with Crippen LogP contribution in [-0.2, 0) is 4.79 Å². The first kappa shape index (κ1) is 17.7. The Balaban J connectivity index is 1.91. The smallest absolute Gasteiger partial charge is 0.136 e. The molecule has 1 heterocycles. The van der Waals surface area contributed by atoms with Gasteiger partial charge in [0.15, 0.2) is 0 Å². The van der Waals surface area contributed by atoms with Gasteiger partial charge in [0.25, 0.3) is 0 Å². The van der Waals surface area contributed by atoms with E-state index in [0.29, 0.717) is 5.78 Å². The predicted octanol–water partition coefficient (Wildman–Crippen LogP) is 3.78. The fourth-order valence-corrected chi connectivity index (χ4v) is 3.96. The predicted molar refractivity (Wildman–Crippen MR) is 100 cm³/mol. The molecule has 24 heavy (non-hydrogen) atoms. The van der Waals surface area contributed by atoms with E-state index in [1.54, 1.807) is 6.92 Å². The number of benzene rings is 1. The van der Waals surface area contributed by atoms with Crippen LogP contribution in [0.5, 0.6) is 0 Å². The van der Waals surface area contributed by atoms with Crippen LogP contribution < -0.4 is 5.32 Å². The summed E-state index contributed by atoms with van der Waals surface area (Å²) in [6.45, 7) is 9.10. The highest BCUT2D eigenvalue weighted by Crippen LogP contribution is 2.43. The third-order valence-electron chi connectivity index (χ3n) is 5.62. The molecule has 0 aromatic heterocycles. The van der Waals surface area contributed by atoms with Crippen LogP contribution in [0.15, 0.2) is 29.8 Å². The number of piperazine rings is 1. The quantitative estimate of drug-likeness (QED) is 0.900. The summed E-state index contributed by atoms with van der Waals surface area (Å²) in [4.78, 5) is 14.7. The van der Waals surface area contributed by atoms with E-state index in [9.17, 15) is 4.79 Å². The highest BCUT2D eigenvalue weighted by molar-refractivity contribution is 6.30. The zero-order valence-corrected chi connectivity index (χ0v) is 15.5. The second-order valence-corrected chi connectivity index (χ2v) is 7.85. The molecule has 1 saturated heterocycles. The van der Waals surface area contributed by atoms with Crippen molar-refractivity contribution in [1.82, 2.24) is 10.2 Å². The first-order valence-electron chi connectivity index (χ1n) is 8.89. The van der Waals surface area contributed by atoms with Crippen molar-refractivity contribution in [1.29, 1.82) is 0 Å². The van der Waals surface area contributed by atoms with Crippen molar-refractivity contribution in [2.24, 2.45) is 5.41 Å². The highest BCUT2D eigenvalue weighted by atomic mass is 35.5. The van der Waals surface area contributed by atoms with Gasteiger partial charge in [-0.05, 0) is 49.5 Å². The minimum atomic E-state index is -0.209. The lowest BCUT2D eigenvalue weighted by Gasteiger charge is -2.37. The molecule has 0 saturated carbocycles. The molecule has 2 aliphatic rings. The summed E-state index contributed by atoms with van der Waals surface area (Å²) in [5.74, 6) is 0.315. The summed E-state index contributed by atoms with van der Waals surface area (Å²) in [7, 11) is 0. The van der Waals surface area contributed by atoms with Crippen molar-refractivity contribution >= 4 is 23.0 Å². The van der Waals surface area contributed by atoms with Crippen molar-refractivity contribution in [2.45, 2.75) is 33.1 Å². The minimum absolute atomic E-state index is 0.209. The van der Waals surface area contributed by atoms with E-state index in [2.05, 4.69) is 29.3 Å². The number of allylic oxidation sites excluding steroid dienone is 1. The summed E-state index contributed by atoms with van der Waals surface area (Å²) in [5, 5.41) is 4.18. The van der Waals surface area contributed by atoms with Gasteiger partial charge in [0.2, 0.25) is 0 Å². The Hall–Kier alpha value is -1.16. The van der Waals surface area contributed by atoms with E-state index < -0.39 is 0 Å². The Labute approximate surface area is 150 Å². The van der Waals surface area contributed by atoms with Gasteiger partial charge in [-0.3, -0.25) is 9.69 Å².